The highest BCUT2D eigenvalue weighted by molar-refractivity contribution is 5.93. The lowest BCUT2D eigenvalue weighted by Gasteiger charge is -2.61. The van der Waals surface area contributed by atoms with Crippen LogP contribution in [-0.2, 0) is 17.6 Å². The second-order valence-corrected chi connectivity index (χ2v) is 8.07. The number of nitrogens with zero attached hydrogens (tertiary/aromatic N) is 1. The molecule has 128 valence electrons. The van der Waals surface area contributed by atoms with Crippen molar-refractivity contribution in [2.24, 2.45) is 22.1 Å². The minimum atomic E-state index is 0.309. The summed E-state index contributed by atoms with van der Waals surface area (Å²) >= 11 is 0. The van der Waals surface area contributed by atoms with Crippen LogP contribution < -0.4 is 11.1 Å². The molecule has 1 heterocycles. The van der Waals surface area contributed by atoms with Crippen molar-refractivity contribution >= 4 is 11.6 Å². The van der Waals surface area contributed by atoms with Crippen LogP contribution in [0, 0.1) is 11.3 Å². The Hall–Kier alpha value is -1.55. The van der Waals surface area contributed by atoms with Crippen molar-refractivity contribution in [1.29, 1.82) is 0 Å². The van der Waals surface area contributed by atoms with Gasteiger partial charge in [0.2, 0.25) is 0 Å². The maximum atomic E-state index is 6.33. The van der Waals surface area contributed by atoms with E-state index in [0.717, 1.165) is 25.1 Å². The first-order valence-electron chi connectivity index (χ1n) is 9.61. The second kappa shape index (κ2) is 5.48. The zero-order valence-corrected chi connectivity index (χ0v) is 14.3. The fourth-order valence-corrected chi connectivity index (χ4v) is 5.61. The molecule has 24 heavy (non-hydrogen) atoms. The minimum absolute atomic E-state index is 0.309. The maximum absolute atomic E-state index is 6.33. The standard InChI is InChI=1S/C20H27N3O/c21-19(22-16-8-3-6-13-5-1-2-7-14(13)16)23-17-15-9-12-24-18(15)20(17)10-4-11-20/h3,6,8,15,17-18H,1-2,4-5,7,9-12H2,(H3,21,22,23). The van der Waals surface area contributed by atoms with Crippen LogP contribution in [0.2, 0.25) is 0 Å². The molecule has 1 aliphatic heterocycles. The fourth-order valence-electron chi connectivity index (χ4n) is 5.61. The Morgan fingerprint density at radius 3 is 2.92 bits per heavy atom. The van der Waals surface area contributed by atoms with E-state index in [9.17, 15) is 0 Å². The smallest absolute Gasteiger partial charge is 0.193 e. The Bertz CT molecular complexity index is 679. The average molecular weight is 325 g/mol. The summed E-state index contributed by atoms with van der Waals surface area (Å²) in [5.41, 5.74) is 10.7. The van der Waals surface area contributed by atoms with E-state index in [-0.39, 0.29) is 0 Å². The van der Waals surface area contributed by atoms with E-state index < -0.39 is 0 Å². The van der Waals surface area contributed by atoms with Crippen LogP contribution in [0.15, 0.2) is 23.2 Å². The zero-order chi connectivity index (χ0) is 16.1. The molecule has 0 aromatic heterocycles. The Labute approximate surface area is 143 Å². The number of aryl methyl sites for hydroxylation is 1. The lowest BCUT2D eigenvalue weighted by Crippen LogP contribution is -2.65. The van der Waals surface area contributed by atoms with Gasteiger partial charge < -0.3 is 15.8 Å². The quantitative estimate of drug-likeness (QED) is 0.648. The molecule has 1 spiro atoms. The van der Waals surface area contributed by atoms with Gasteiger partial charge >= 0.3 is 0 Å². The van der Waals surface area contributed by atoms with Crippen molar-refractivity contribution in [3.8, 4) is 0 Å². The molecule has 0 radical (unpaired) electrons. The van der Waals surface area contributed by atoms with Crippen molar-refractivity contribution in [3.63, 3.8) is 0 Å². The molecule has 3 unspecified atom stereocenters. The molecule has 5 rings (SSSR count). The van der Waals surface area contributed by atoms with Crippen LogP contribution in [0.3, 0.4) is 0 Å². The number of anilines is 1. The van der Waals surface area contributed by atoms with Crippen LogP contribution in [0.4, 0.5) is 5.69 Å². The lowest BCUT2D eigenvalue weighted by atomic mass is 9.46. The van der Waals surface area contributed by atoms with E-state index in [0.29, 0.717) is 29.4 Å². The number of benzene rings is 1. The number of rotatable bonds is 2. The summed E-state index contributed by atoms with van der Waals surface area (Å²) in [6, 6.07) is 6.90. The van der Waals surface area contributed by atoms with Crippen LogP contribution in [0.25, 0.3) is 0 Å². The number of ether oxygens (including phenoxy) is 1. The van der Waals surface area contributed by atoms with Gasteiger partial charge in [0, 0.05) is 23.6 Å². The topological polar surface area (TPSA) is 59.6 Å². The highest BCUT2D eigenvalue weighted by Gasteiger charge is 2.66. The number of aliphatic imine (C=N–C) groups is 1. The van der Waals surface area contributed by atoms with Crippen LogP contribution in [0.5, 0.6) is 0 Å². The molecule has 0 amide bonds. The molecule has 1 aromatic carbocycles. The van der Waals surface area contributed by atoms with Gasteiger partial charge in [-0.15, -0.1) is 0 Å². The van der Waals surface area contributed by atoms with E-state index in [4.69, 9.17) is 15.5 Å². The molecule has 3 atom stereocenters. The third-order valence-electron chi connectivity index (χ3n) is 6.92. The largest absolute Gasteiger partial charge is 0.377 e. The van der Waals surface area contributed by atoms with E-state index in [2.05, 4.69) is 23.5 Å². The average Bonchev–Trinajstić information content (AvgIpc) is 2.97. The maximum Gasteiger partial charge on any atom is 0.193 e. The van der Waals surface area contributed by atoms with Crippen LogP contribution >= 0.6 is 0 Å². The second-order valence-electron chi connectivity index (χ2n) is 8.07. The van der Waals surface area contributed by atoms with Gasteiger partial charge in [-0.05, 0) is 62.1 Å². The highest BCUT2D eigenvalue weighted by atomic mass is 16.5. The predicted octanol–water partition coefficient (Wildman–Crippen LogP) is 3.25. The number of guanidine groups is 1. The van der Waals surface area contributed by atoms with E-state index in [1.165, 1.54) is 49.7 Å². The van der Waals surface area contributed by atoms with Crippen molar-refractivity contribution in [2.75, 3.05) is 11.9 Å². The van der Waals surface area contributed by atoms with E-state index >= 15 is 0 Å². The molecular formula is C20H27N3O. The number of fused-ring (bicyclic) bond motifs is 3. The molecule has 4 heteroatoms. The molecule has 4 aliphatic rings. The molecule has 1 aromatic rings. The molecule has 3 fully saturated rings. The SMILES string of the molecule is NC(=NC1C2CCOC2C12CCC2)Nc1cccc2c1CCCC2. The van der Waals surface area contributed by atoms with Crippen molar-refractivity contribution < 1.29 is 4.74 Å². The van der Waals surface area contributed by atoms with Gasteiger partial charge in [-0.2, -0.15) is 0 Å². The number of hydrogen-bond acceptors (Lipinski definition) is 2. The summed E-state index contributed by atoms with van der Waals surface area (Å²) < 4.78 is 5.98. The van der Waals surface area contributed by atoms with Gasteiger partial charge in [0.25, 0.3) is 0 Å². The van der Waals surface area contributed by atoms with Gasteiger partial charge in [0.05, 0.1) is 12.1 Å². The van der Waals surface area contributed by atoms with Gasteiger partial charge in [-0.1, -0.05) is 18.6 Å². The Kier molecular flexibility index (Phi) is 3.37. The predicted molar refractivity (Wildman–Crippen MR) is 96.2 cm³/mol. The Morgan fingerprint density at radius 1 is 1.21 bits per heavy atom. The summed E-state index contributed by atoms with van der Waals surface area (Å²) in [5.74, 6) is 1.19. The van der Waals surface area contributed by atoms with Gasteiger partial charge in [-0.3, -0.25) is 0 Å². The number of nitrogens with one attached hydrogen (secondary N) is 1. The third-order valence-corrected chi connectivity index (χ3v) is 6.92. The molecule has 0 bridgehead atoms. The third kappa shape index (κ3) is 2.05. The molecule has 3 aliphatic carbocycles. The van der Waals surface area contributed by atoms with Crippen LogP contribution in [-0.4, -0.2) is 24.7 Å². The lowest BCUT2D eigenvalue weighted by molar-refractivity contribution is -0.164. The normalized spacial score (nSPS) is 33.3. The van der Waals surface area contributed by atoms with E-state index in [1.54, 1.807) is 0 Å². The summed E-state index contributed by atoms with van der Waals surface area (Å²) in [6.07, 6.45) is 10.4. The summed E-state index contributed by atoms with van der Waals surface area (Å²) in [4.78, 5) is 4.95. The molecule has 2 saturated carbocycles. The molecule has 3 N–H and O–H groups in total. The first-order valence-corrected chi connectivity index (χ1v) is 9.61. The molecular weight excluding hydrogens is 298 g/mol. The van der Waals surface area contributed by atoms with Gasteiger partial charge in [0.1, 0.15) is 0 Å². The fraction of sp³-hybridized carbons (Fsp3) is 0.650. The van der Waals surface area contributed by atoms with Crippen LogP contribution in [0.1, 0.15) is 49.7 Å². The van der Waals surface area contributed by atoms with Crippen molar-refractivity contribution in [3.05, 3.63) is 29.3 Å². The molecule has 1 saturated heterocycles. The number of hydrogen-bond donors (Lipinski definition) is 2. The summed E-state index contributed by atoms with van der Waals surface area (Å²) in [6.45, 7) is 0.905. The van der Waals surface area contributed by atoms with Gasteiger partial charge in [0.15, 0.2) is 5.96 Å². The summed E-state index contributed by atoms with van der Waals surface area (Å²) in [7, 11) is 0. The minimum Gasteiger partial charge on any atom is -0.377 e. The Balaban J connectivity index is 1.37. The Morgan fingerprint density at radius 2 is 2.08 bits per heavy atom. The van der Waals surface area contributed by atoms with Gasteiger partial charge in [-0.25, -0.2) is 4.99 Å². The highest BCUT2D eigenvalue weighted by Crippen LogP contribution is 2.64. The number of nitrogens with two attached hydrogens (primary N) is 1. The first kappa shape index (κ1) is 14.8. The van der Waals surface area contributed by atoms with E-state index in [1.807, 2.05) is 0 Å². The summed E-state index contributed by atoms with van der Waals surface area (Å²) in [5, 5.41) is 3.42. The molecule has 4 nitrogen and oxygen atoms in total. The van der Waals surface area contributed by atoms with Crippen molar-refractivity contribution in [1.82, 2.24) is 0 Å². The first-order chi connectivity index (χ1) is 11.8. The monoisotopic (exact) mass is 325 g/mol. The van der Waals surface area contributed by atoms with Crippen molar-refractivity contribution in [2.45, 2.75) is 63.5 Å². The zero-order valence-electron chi connectivity index (χ0n) is 14.3.